The van der Waals surface area contributed by atoms with Crippen LogP contribution in [0.25, 0.3) is 0 Å². The smallest absolute Gasteiger partial charge is 0.355 e. The number of hydrogen-bond acceptors (Lipinski definition) is 2. The Bertz CT molecular complexity index is 297. The molecule has 84 valence electrons. The normalized spacial score (nSPS) is 13.1. The second-order valence-electron chi connectivity index (χ2n) is 3.74. The van der Waals surface area contributed by atoms with Gasteiger partial charge in [-0.2, -0.15) is 0 Å². The van der Waals surface area contributed by atoms with E-state index in [4.69, 9.17) is 8.85 Å². The van der Waals surface area contributed by atoms with Crippen LogP contribution in [-0.2, 0) is 8.85 Å². The molecule has 1 rings (SSSR count). The summed E-state index contributed by atoms with van der Waals surface area (Å²) in [6.07, 6.45) is 1.14. The molecule has 0 aliphatic heterocycles. The van der Waals surface area contributed by atoms with Gasteiger partial charge in [0.25, 0.3) is 0 Å². The van der Waals surface area contributed by atoms with Crippen LogP contribution in [0.3, 0.4) is 0 Å². The molecule has 0 amide bonds. The molecule has 1 unspecified atom stereocenters. The van der Waals surface area contributed by atoms with Crippen molar-refractivity contribution in [1.29, 1.82) is 0 Å². The molecule has 0 bridgehead atoms. The topological polar surface area (TPSA) is 18.5 Å². The van der Waals surface area contributed by atoms with Crippen molar-refractivity contribution in [3.8, 4) is 0 Å². The standard InChI is InChI=1S/C12H20O2Si/c1-5-10(2)11-8-6-7-9-12(11)15(13-3)14-4/h6-10,15H,5H2,1-4H3. The third kappa shape index (κ3) is 2.90. The molecule has 0 aliphatic rings. The van der Waals surface area contributed by atoms with Crippen LogP contribution in [0.5, 0.6) is 0 Å². The summed E-state index contributed by atoms with van der Waals surface area (Å²) in [6.45, 7) is 4.45. The maximum atomic E-state index is 5.44. The van der Waals surface area contributed by atoms with E-state index in [9.17, 15) is 0 Å². The van der Waals surface area contributed by atoms with E-state index in [1.807, 2.05) is 0 Å². The van der Waals surface area contributed by atoms with Crippen LogP contribution in [0, 0.1) is 0 Å². The molecule has 1 aromatic carbocycles. The highest BCUT2D eigenvalue weighted by molar-refractivity contribution is 6.61. The van der Waals surface area contributed by atoms with Gasteiger partial charge >= 0.3 is 9.28 Å². The highest BCUT2D eigenvalue weighted by atomic mass is 28.3. The van der Waals surface area contributed by atoms with E-state index in [1.165, 1.54) is 10.8 Å². The number of benzene rings is 1. The van der Waals surface area contributed by atoms with Crippen molar-refractivity contribution in [2.24, 2.45) is 0 Å². The molecule has 15 heavy (non-hydrogen) atoms. The van der Waals surface area contributed by atoms with Gasteiger partial charge in [-0.1, -0.05) is 38.1 Å². The molecule has 0 heterocycles. The molecule has 0 saturated heterocycles. The first-order chi connectivity index (χ1) is 7.24. The van der Waals surface area contributed by atoms with Crippen molar-refractivity contribution in [2.75, 3.05) is 14.2 Å². The Morgan fingerprint density at radius 2 is 1.80 bits per heavy atom. The first-order valence-corrected chi connectivity index (χ1v) is 6.91. The Balaban J connectivity index is 3.04. The summed E-state index contributed by atoms with van der Waals surface area (Å²) < 4.78 is 10.9. The fourth-order valence-corrected chi connectivity index (χ4v) is 3.37. The molecule has 0 aliphatic carbocycles. The summed E-state index contributed by atoms with van der Waals surface area (Å²) in [5, 5.41) is 1.27. The molecule has 1 aromatic rings. The number of hydrogen-bond donors (Lipinski definition) is 0. The third-order valence-corrected chi connectivity index (χ3v) is 4.71. The van der Waals surface area contributed by atoms with Crippen LogP contribution in [0.15, 0.2) is 24.3 Å². The van der Waals surface area contributed by atoms with E-state index in [1.54, 1.807) is 14.2 Å². The predicted octanol–water partition coefficient (Wildman–Crippen LogP) is 1.92. The Hall–Kier alpha value is -0.643. The summed E-state index contributed by atoms with van der Waals surface area (Å²) in [5.41, 5.74) is 1.38. The Morgan fingerprint density at radius 1 is 1.20 bits per heavy atom. The van der Waals surface area contributed by atoms with Crippen LogP contribution >= 0.6 is 0 Å². The van der Waals surface area contributed by atoms with Crippen molar-refractivity contribution in [1.82, 2.24) is 0 Å². The largest absolute Gasteiger partial charge is 0.397 e. The fourth-order valence-electron chi connectivity index (χ4n) is 1.74. The first kappa shape index (κ1) is 12.4. The van der Waals surface area contributed by atoms with Crippen LogP contribution in [0.4, 0.5) is 0 Å². The van der Waals surface area contributed by atoms with E-state index in [2.05, 4.69) is 38.1 Å². The van der Waals surface area contributed by atoms with Gasteiger partial charge < -0.3 is 8.85 Å². The van der Waals surface area contributed by atoms with Gasteiger partial charge in [-0.3, -0.25) is 0 Å². The Kier molecular flexibility index (Phi) is 5.01. The van der Waals surface area contributed by atoms with E-state index < -0.39 is 9.28 Å². The second-order valence-corrected chi connectivity index (χ2v) is 5.97. The molecule has 1 atom stereocenters. The lowest BCUT2D eigenvalue weighted by Crippen LogP contribution is -2.37. The predicted molar refractivity (Wildman–Crippen MR) is 65.9 cm³/mol. The maximum Gasteiger partial charge on any atom is 0.355 e. The van der Waals surface area contributed by atoms with Crippen LogP contribution in [0.1, 0.15) is 31.7 Å². The van der Waals surface area contributed by atoms with Gasteiger partial charge in [0.1, 0.15) is 0 Å². The average Bonchev–Trinajstić information content (AvgIpc) is 2.30. The zero-order valence-corrected chi connectivity index (χ0v) is 11.1. The van der Waals surface area contributed by atoms with Gasteiger partial charge in [-0.05, 0) is 23.1 Å². The van der Waals surface area contributed by atoms with E-state index in [0.717, 1.165) is 6.42 Å². The first-order valence-electron chi connectivity index (χ1n) is 5.39. The van der Waals surface area contributed by atoms with Crippen LogP contribution < -0.4 is 5.19 Å². The second kappa shape index (κ2) is 6.05. The minimum Gasteiger partial charge on any atom is -0.397 e. The molecular formula is C12H20O2Si. The zero-order valence-electron chi connectivity index (χ0n) is 9.99. The van der Waals surface area contributed by atoms with Crippen molar-refractivity contribution in [3.63, 3.8) is 0 Å². The molecule has 0 spiro atoms. The molecule has 0 saturated carbocycles. The zero-order chi connectivity index (χ0) is 11.3. The SMILES string of the molecule is CCC(C)c1ccccc1[SiH](OC)OC. The lowest BCUT2D eigenvalue weighted by molar-refractivity contribution is 0.291. The van der Waals surface area contributed by atoms with Crippen molar-refractivity contribution in [3.05, 3.63) is 29.8 Å². The highest BCUT2D eigenvalue weighted by Crippen LogP contribution is 2.17. The molecule has 2 nitrogen and oxygen atoms in total. The van der Waals surface area contributed by atoms with Gasteiger partial charge in [0, 0.05) is 14.2 Å². The van der Waals surface area contributed by atoms with Crippen molar-refractivity contribution in [2.45, 2.75) is 26.2 Å². The lowest BCUT2D eigenvalue weighted by atomic mass is 9.99. The summed E-state index contributed by atoms with van der Waals surface area (Å²) >= 11 is 0. The third-order valence-electron chi connectivity index (χ3n) is 2.82. The average molecular weight is 224 g/mol. The van der Waals surface area contributed by atoms with Gasteiger partial charge in [0.15, 0.2) is 0 Å². The van der Waals surface area contributed by atoms with Gasteiger partial charge in [0.2, 0.25) is 0 Å². The minimum atomic E-state index is -1.66. The van der Waals surface area contributed by atoms with Crippen LogP contribution in [0.2, 0.25) is 0 Å². The van der Waals surface area contributed by atoms with E-state index >= 15 is 0 Å². The minimum absolute atomic E-state index is 0.571. The highest BCUT2D eigenvalue weighted by Gasteiger charge is 2.19. The molecule has 3 heteroatoms. The Morgan fingerprint density at radius 3 is 2.33 bits per heavy atom. The van der Waals surface area contributed by atoms with E-state index in [-0.39, 0.29) is 0 Å². The molecule has 0 aromatic heterocycles. The van der Waals surface area contributed by atoms with E-state index in [0.29, 0.717) is 5.92 Å². The molecular weight excluding hydrogens is 204 g/mol. The lowest BCUT2D eigenvalue weighted by Gasteiger charge is -2.18. The molecule has 0 radical (unpaired) electrons. The van der Waals surface area contributed by atoms with Crippen LogP contribution in [-0.4, -0.2) is 23.5 Å². The van der Waals surface area contributed by atoms with Crippen molar-refractivity contribution < 1.29 is 8.85 Å². The maximum absolute atomic E-state index is 5.44. The quantitative estimate of drug-likeness (QED) is 0.711. The number of rotatable bonds is 5. The van der Waals surface area contributed by atoms with Crippen molar-refractivity contribution >= 4 is 14.5 Å². The summed E-state index contributed by atoms with van der Waals surface area (Å²) in [5.74, 6) is 0.571. The van der Waals surface area contributed by atoms with Gasteiger partial charge in [-0.15, -0.1) is 0 Å². The Labute approximate surface area is 94.1 Å². The molecule has 0 fully saturated rings. The van der Waals surface area contributed by atoms with Gasteiger partial charge in [-0.25, -0.2) is 0 Å². The summed E-state index contributed by atoms with van der Waals surface area (Å²) in [7, 11) is 1.80. The summed E-state index contributed by atoms with van der Waals surface area (Å²) in [6, 6.07) is 8.45. The fraction of sp³-hybridized carbons (Fsp3) is 0.500. The summed E-state index contributed by atoms with van der Waals surface area (Å²) in [4.78, 5) is 0. The van der Waals surface area contributed by atoms with Gasteiger partial charge in [0.05, 0.1) is 0 Å². The monoisotopic (exact) mass is 224 g/mol. The molecule has 0 N–H and O–H groups in total.